The summed E-state index contributed by atoms with van der Waals surface area (Å²) in [5, 5.41) is 10.0. The number of rotatable bonds is 2. The van der Waals surface area contributed by atoms with Crippen LogP contribution in [0.4, 0.5) is 4.39 Å². The second-order valence-electron chi connectivity index (χ2n) is 2.28. The van der Waals surface area contributed by atoms with E-state index in [0.29, 0.717) is 0 Å². The molecule has 0 spiro atoms. The Balaban J connectivity index is 2.28. The number of halogens is 1. The molecule has 0 aromatic carbocycles. The number of hydrogen-bond acceptors (Lipinski definition) is 0. The normalized spacial score (nSPS) is 24.9. The summed E-state index contributed by atoms with van der Waals surface area (Å²) in [6.07, 6.45) is 1.62. The maximum atomic E-state index is 11.6. The van der Waals surface area contributed by atoms with Gasteiger partial charge in [0.15, 0.2) is 0 Å². The van der Waals surface area contributed by atoms with Crippen LogP contribution >= 0.6 is 0 Å². The molecule has 1 saturated carbocycles. The third-order valence-corrected chi connectivity index (χ3v) is 1.55. The summed E-state index contributed by atoms with van der Waals surface area (Å²) in [4.78, 5) is 0. The van der Waals surface area contributed by atoms with Crippen molar-refractivity contribution in [2.45, 2.75) is 12.8 Å². The van der Waals surface area contributed by atoms with E-state index in [9.17, 15) is 9.50 Å². The Kier molecular flexibility index (Phi) is 1.04. The molecule has 0 heterocycles. The van der Waals surface area contributed by atoms with Crippen molar-refractivity contribution in [1.29, 1.82) is 0 Å². The van der Waals surface area contributed by atoms with Gasteiger partial charge < -0.3 is 0 Å². The zero-order valence-corrected chi connectivity index (χ0v) is 4.11. The molecule has 0 unspecified atom stereocenters. The van der Waals surface area contributed by atoms with Gasteiger partial charge in [-0.1, -0.05) is 0 Å². The van der Waals surface area contributed by atoms with Gasteiger partial charge in [0, 0.05) is 5.41 Å². The van der Waals surface area contributed by atoms with Gasteiger partial charge in [-0.15, -0.1) is 0 Å². The van der Waals surface area contributed by atoms with E-state index in [2.05, 4.69) is 0 Å². The minimum atomic E-state index is -0.406. The molecule has 1 fully saturated rings. The maximum Gasteiger partial charge on any atom is 0.0973 e. The predicted molar refractivity (Wildman–Crippen MR) is 23.2 cm³/mol. The summed E-state index contributed by atoms with van der Waals surface area (Å²) in [6, 6.07) is 0. The molecule has 0 atom stereocenters. The molecule has 0 bridgehead atoms. The summed E-state index contributed by atoms with van der Waals surface area (Å²) < 4.78 is 11.6. The van der Waals surface area contributed by atoms with Crippen molar-refractivity contribution in [1.82, 2.24) is 0 Å². The molecular formula is C5H8FO. The lowest BCUT2D eigenvalue weighted by Gasteiger charge is -1.98. The second-order valence-corrected chi connectivity index (χ2v) is 2.28. The van der Waals surface area contributed by atoms with Crippen LogP contribution in [0.2, 0.25) is 0 Å². The Bertz CT molecular complexity index is 62.5. The topological polar surface area (TPSA) is 19.9 Å². The molecule has 1 aliphatic carbocycles. The lowest BCUT2D eigenvalue weighted by molar-refractivity contribution is 0.114. The highest BCUT2D eigenvalue weighted by Gasteiger charge is 2.42. The van der Waals surface area contributed by atoms with Crippen LogP contribution in [0, 0.1) is 5.41 Å². The fraction of sp³-hybridized carbons (Fsp3) is 1.00. The van der Waals surface area contributed by atoms with Crippen molar-refractivity contribution in [3.63, 3.8) is 0 Å². The summed E-state index contributed by atoms with van der Waals surface area (Å²) in [7, 11) is 0. The second kappa shape index (κ2) is 1.44. The molecule has 1 radical (unpaired) electrons. The molecule has 0 aromatic heterocycles. The van der Waals surface area contributed by atoms with Crippen molar-refractivity contribution < 1.29 is 9.50 Å². The van der Waals surface area contributed by atoms with Crippen LogP contribution in [0.3, 0.4) is 0 Å². The van der Waals surface area contributed by atoms with Crippen molar-refractivity contribution >= 4 is 0 Å². The maximum absolute atomic E-state index is 11.6. The Morgan fingerprint density at radius 2 is 2.14 bits per heavy atom. The fourth-order valence-electron chi connectivity index (χ4n) is 0.493. The largest absolute Gasteiger partial charge is 0.250 e. The van der Waals surface area contributed by atoms with E-state index < -0.39 is 6.67 Å². The van der Waals surface area contributed by atoms with Crippen LogP contribution in [0.1, 0.15) is 12.8 Å². The molecular weight excluding hydrogens is 95.1 g/mol. The van der Waals surface area contributed by atoms with Crippen molar-refractivity contribution in [3.05, 3.63) is 0 Å². The predicted octanol–water partition coefficient (Wildman–Crippen LogP) is 1.17. The molecule has 0 N–H and O–H groups in total. The van der Waals surface area contributed by atoms with Gasteiger partial charge in [0.05, 0.1) is 13.3 Å². The number of alkyl halides is 1. The van der Waals surface area contributed by atoms with Gasteiger partial charge in [0.2, 0.25) is 0 Å². The van der Waals surface area contributed by atoms with E-state index >= 15 is 0 Å². The first-order chi connectivity index (χ1) is 3.33. The molecule has 0 amide bonds. The highest BCUT2D eigenvalue weighted by molar-refractivity contribution is 4.91. The van der Waals surface area contributed by atoms with E-state index in [-0.39, 0.29) is 12.0 Å². The minimum absolute atomic E-state index is 0.219. The average molecular weight is 103 g/mol. The highest BCUT2D eigenvalue weighted by Crippen LogP contribution is 2.45. The molecule has 0 aromatic rings. The van der Waals surface area contributed by atoms with Gasteiger partial charge in [-0.3, -0.25) is 4.39 Å². The minimum Gasteiger partial charge on any atom is -0.250 e. The van der Waals surface area contributed by atoms with Gasteiger partial charge in [-0.05, 0) is 12.8 Å². The Hall–Kier alpha value is -0.110. The lowest BCUT2D eigenvalue weighted by Crippen LogP contribution is -2.06. The summed E-state index contributed by atoms with van der Waals surface area (Å²) in [5.41, 5.74) is -0.389. The quantitative estimate of drug-likeness (QED) is 0.500. The molecule has 0 aliphatic heterocycles. The van der Waals surface area contributed by atoms with Gasteiger partial charge in [-0.2, -0.15) is 0 Å². The third-order valence-electron chi connectivity index (χ3n) is 1.55. The van der Waals surface area contributed by atoms with Gasteiger partial charge in [0.1, 0.15) is 0 Å². The van der Waals surface area contributed by atoms with Gasteiger partial charge >= 0.3 is 0 Å². The Morgan fingerprint density at radius 1 is 1.57 bits per heavy atom. The van der Waals surface area contributed by atoms with Crippen LogP contribution in [-0.2, 0) is 5.11 Å². The van der Waals surface area contributed by atoms with Crippen LogP contribution in [0.15, 0.2) is 0 Å². The van der Waals surface area contributed by atoms with Crippen molar-refractivity contribution in [2.24, 2.45) is 5.41 Å². The molecule has 1 nitrogen and oxygen atoms in total. The smallest absolute Gasteiger partial charge is 0.0973 e. The Labute approximate surface area is 42.2 Å². The first-order valence-corrected chi connectivity index (χ1v) is 2.47. The van der Waals surface area contributed by atoms with Crippen molar-refractivity contribution in [2.75, 3.05) is 13.3 Å². The molecule has 7 heavy (non-hydrogen) atoms. The fourth-order valence-corrected chi connectivity index (χ4v) is 0.493. The zero-order valence-electron chi connectivity index (χ0n) is 4.11. The van der Waals surface area contributed by atoms with E-state index in [1.165, 1.54) is 0 Å². The van der Waals surface area contributed by atoms with Crippen LogP contribution in [-0.4, -0.2) is 13.3 Å². The lowest BCUT2D eigenvalue weighted by atomic mass is 10.2. The van der Waals surface area contributed by atoms with Crippen molar-refractivity contribution in [3.8, 4) is 0 Å². The van der Waals surface area contributed by atoms with E-state index in [0.717, 1.165) is 12.8 Å². The summed E-state index contributed by atoms with van der Waals surface area (Å²) >= 11 is 0. The molecule has 1 aliphatic rings. The van der Waals surface area contributed by atoms with Crippen LogP contribution in [0.25, 0.3) is 0 Å². The molecule has 2 heteroatoms. The third kappa shape index (κ3) is 0.752. The molecule has 0 saturated heterocycles. The first-order valence-electron chi connectivity index (χ1n) is 2.47. The standard InChI is InChI=1S/C5H8FO/c6-3-5(4-7)1-2-5/h1-4H2. The monoisotopic (exact) mass is 103 g/mol. The highest BCUT2D eigenvalue weighted by atomic mass is 19.1. The molecule has 1 rings (SSSR count). The molecule has 41 valence electrons. The summed E-state index contributed by atoms with van der Waals surface area (Å²) in [5.74, 6) is 0. The van der Waals surface area contributed by atoms with E-state index in [4.69, 9.17) is 0 Å². The van der Waals surface area contributed by atoms with Crippen LogP contribution < -0.4 is 0 Å². The Morgan fingerprint density at radius 3 is 2.14 bits per heavy atom. The SMILES string of the molecule is [O]CC1(CF)CC1. The average Bonchev–Trinajstić information content (AvgIpc) is 2.46. The first kappa shape index (κ1) is 5.04. The van der Waals surface area contributed by atoms with E-state index in [1.807, 2.05) is 0 Å². The van der Waals surface area contributed by atoms with E-state index in [1.54, 1.807) is 0 Å². The van der Waals surface area contributed by atoms with Gasteiger partial charge in [-0.25, -0.2) is 5.11 Å². The van der Waals surface area contributed by atoms with Crippen LogP contribution in [0.5, 0.6) is 0 Å². The summed E-state index contributed by atoms with van der Waals surface area (Å²) in [6.45, 7) is -0.625. The zero-order chi connectivity index (χ0) is 5.33. The number of hydrogen-bond donors (Lipinski definition) is 0. The van der Waals surface area contributed by atoms with Gasteiger partial charge in [0.25, 0.3) is 0 Å².